The lowest BCUT2D eigenvalue weighted by molar-refractivity contribution is -0.136. The molecular formula is C30H31FN6O3. The zero-order valence-electron chi connectivity index (χ0n) is 22.7. The number of aromatic amines is 1. The highest BCUT2D eigenvalue weighted by molar-refractivity contribution is 6.07. The maximum Gasteiger partial charge on any atom is 0.302 e. The van der Waals surface area contributed by atoms with Crippen LogP contribution in [0.3, 0.4) is 0 Å². The fourth-order valence-corrected chi connectivity index (χ4v) is 6.13. The molecule has 1 saturated heterocycles. The topological polar surface area (TPSA) is 103 Å². The first-order valence-corrected chi connectivity index (χ1v) is 13.7. The van der Waals surface area contributed by atoms with E-state index in [0.29, 0.717) is 23.5 Å². The van der Waals surface area contributed by atoms with Crippen LogP contribution in [0.1, 0.15) is 67.2 Å². The Balaban J connectivity index is 1.30. The SMILES string of the molecule is [C-]#[N+][C@@H]1C[C@@]2(CN1C(=O)[C@H](CC(C)C)N(C)C(=O)c1cc(F)c3nc(C4CC4)[nH]c3c1)C(=O)Nc1ccccc12. The molecule has 3 aromatic rings. The quantitative estimate of drug-likeness (QED) is 0.450. The Kier molecular flexibility index (Phi) is 6.13. The molecule has 3 heterocycles. The smallest absolute Gasteiger partial charge is 0.302 e. The number of carbonyl (C=O) groups is 3. The number of nitrogens with one attached hydrogen (secondary N) is 2. The summed E-state index contributed by atoms with van der Waals surface area (Å²) in [5.74, 6) is -0.630. The van der Waals surface area contributed by atoms with E-state index in [4.69, 9.17) is 6.57 Å². The van der Waals surface area contributed by atoms with Gasteiger partial charge in [0, 0.05) is 30.8 Å². The number of benzene rings is 2. The van der Waals surface area contributed by atoms with Gasteiger partial charge in [0.05, 0.1) is 11.9 Å². The molecule has 2 N–H and O–H groups in total. The molecule has 3 aliphatic rings. The summed E-state index contributed by atoms with van der Waals surface area (Å²) in [6, 6.07) is 9.21. The summed E-state index contributed by atoms with van der Waals surface area (Å²) < 4.78 is 15.0. The minimum Gasteiger partial charge on any atom is -0.342 e. The number of H-pyrrole nitrogens is 1. The molecule has 1 spiro atoms. The molecule has 206 valence electrons. The average Bonchev–Trinajstić information content (AvgIpc) is 3.47. The number of nitrogens with zero attached hydrogens (tertiary/aromatic N) is 4. The first kappa shape index (κ1) is 26.0. The molecule has 9 nitrogen and oxygen atoms in total. The van der Waals surface area contributed by atoms with Gasteiger partial charge in [0.2, 0.25) is 5.91 Å². The van der Waals surface area contributed by atoms with Crippen LogP contribution in [0, 0.1) is 18.3 Å². The molecule has 1 saturated carbocycles. The third-order valence-electron chi connectivity index (χ3n) is 8.43. The average molecular weight is 543 g/mol. The predicted octanol–water partition coefficient (Wildman–Crippen LogP) is 4.43. The molecule has 40 heavy (non-hydrogen) atoms. The van der Waals surface area contributed by atoms with E-state index >= 15 is 4.39 Å². The van der Waals surface area contributed by atoms with E-state index in [1.165, 1.54) is 22.9 Å². The number of para-hydroxylation sites is 1. The first-order chi connectivity index (χ1) is 19.1. The summed E-state index contributed by atoms with van der Waals surface area (Å²) in [6.07, 6.45) is 1.69. The minimum absolute atomic E-state index is 0.0515. The van der Waals surface area contributed by atoms with Gasteiger partial charge in [-0.15, -0.1) is 0 Å². The number of anilines is 1. The van der Waals surface area contributed by atoms with Gasteiger partial charge in [0.15, 0.2) is 5.82 Å². The van der Waals surface area contributed by atoms with Crippen LogP contribution >= 0.6 is 0 Å². The second kappa shape index (κ2) is 9.44. The zero-order valence-corrected chi connectivity index (χ0v) is 22.7. The Morgan fingerprint density at radius 2 is 2.02 bits per heavy atom. The third kappa shape index (κ3) is 4.12. The number of halogens is 1. The monoisotopic (exact) mass is 542 g/mol. The highest BCUT2D eigenvalue weighted by Gasteiger charge is 2.59. The summed E-state index contributed by atoms with van der Waals surface area (Å²) in [6.45, 7) is 11.8. The fourth-order valence-electron chi connectivity index (χ4n) is 6.13. The standard InChI is InChI=1S/C30H31FN6O3/c1-16(2)11-23(36(4)27(38)18-12-20(31)25-22(13-18)33-26(35-25)17-9-10-17)28(39)37-15-30(14-24(37)32-3)19-7-5-6-8-21(19)34-29(30)40/h5-8,12-13,16-17,23-24H,9-11,14-15H2,1-2,4H3,(H,33,35)(H,34,40)/t23-,24-,30-/m0/s1. The highest BCUT2D eigenvalue weighted by Crippen LogP contribution is 2.47. The van der Waals surface area contributed by atoms with Crippen LogP contribution in [0.2, 0.25) is 0 Å². The van der Waals surface area contributed by atoms with Crippen LogP contribution in [0.15, 0.2) is 36.4 Å². The summed E-state index contributed by atoms with van der Waals surface area (Å²) in [4.78, 5) is 55.0. The van der Waals surface area contributed by atoms with Crippen molar-refractivity contribution >= 4 is 34.4 Å². The van der Waals surface area contributed by atoms with E-state index in [1.54, 1.807) is 6.07 Å². The summed E-state index contributed by atoms with van der Waals surface area (Å²) in [5.41, 5.74) is 1.23. The van der Waals surface area contributed by atoms with Gasteiger partial charge in [-0.25, -0.2) is 15.9 Å². The summed E-state index contributed by atoms with van der Waals surface area (Å²) in [5, 5.41) is 2.90. The Hall–Kier alpha value is -4.26. The molecule has 2 aromatic carbocycles. The van der Waals surface area contributed by atoms with E-state index in [9.17, 15) is 14.4 Å². The Labute approximate surface area is 231 Å². The molecule has 1 aliphatic carbocycles. The van der Waals surface area contributed by atoms with Crippen molar-refractivity contribution < 1.29 is 18.8 Å². The molecule has 2 fully saturated rings. The second-order valence-corrected chi connectivity index (χ2v) is 11.7. The molecule has 3 atom stereocenters. The number of carbonyl (C=O) groups excluding carboxylic acids is 3. The fraction of sp³-hybridized carbons (Fsp3) is 0.433. The Bertz CT molecular complexity index is 1590. The van der Waals surface area contributed by atoms with Gasteiger partial charge in [-0.2, -0.15) is 0 Å². The van der Waals surface area contributed by atoms with Crippen molar-refractivity contribution in [1.82, 2.24) is 19.8 Å². The predicted molar refractivity (Wildman–Crippen MR) is 147 cm³/mol. The minimum atomic E-state index is -1.01. The molecule has 0 bridgehead atoms. The normalized spacial score (nSPS) is 22.4. The van der Waals surface area contributed by atoms with E-state index < -0.39 is 35.3 Å². The van der Waals surface area contributed by atoms with Crippen molar-refractivity contribution in [1.29, 1.82) is 0 Å². The molecule has 3 amide bonds. The molecule has 1 aromatic heterocycles. The highest BCUT2D eigenvalue weighted by atomic mass is 19.1. The Morgan fingerprint density at radius 3 is 2.73 bits per heavy atom. The van der Waals surface area contributed by atoms with Gasteiger partial charge in [-0.3, -0.25) is 24.1 Å². The zero-order chi connectivity index (χ0) is 28.3. The number of amides is 3. The number of hydrogen-bond donors (Lipinski definition) is 2. The number of rotatable bonds is 6. The third-order valence-corrected chi connectivity index (χ3v) is 8.43. The number of imidazole rings is 1. The van der Waals surface area contributed by atoms with Crippen LogP contribution in [0.5, 0.6) is 0 Å². The molecular weight excluding hydrogens is 511 g/mol. The van der Waals surface area contributed by atoms with Crippen molar-refractivity contribution in [3.63, 3.8) is 0 Å². The number of hydrogen-bond acceptors (Lipinski definition) is 4. The van der Waals surface area contributed by atoms with Crippen molar-refractivity contribution in [3.05, 3.63) is 70.6 Å². The van der Waals surface area contributed by atoms with Crippen LogP contribution in [-0.2, 0) is 15.0 Å². The maximum atomic E-state index is 15.0. The molecule has 0 radical (unpaired) electrons. The van der Waals surface area contributed by atoms with Gasteiger partial charge < -0.3 is 15.2 Å². The van der Waals surface area contributed by atoms with Crippen molar-refractivity contribution in [2.45, 2.75) is 63.1 Å². The summed E-state index contributed by atoms with van der Waals surface area (Å²) >= 11 is 0. The number of aromatic nitrogens is 2. The van der Waals surface area contributed by atoms with Crippen LogP contribution in [0.25, 0.3) is 15.9 Å². The largest absolute Gasteiger partial charge is 0.342 e. The van der Waals surface area contributed by atoms with Gasteiger partial charge in [-0.05, 0) is 48.9 Å². The van der Waals surface area contributed by atoms with E-state index in [1.807, 2.05) is 38.1 Å². The van der Waals surface area contributed by atoms with E-state index in [-0.39, 0.29) is 35.9 Å². The van der Waals surface area contributed by atoms with Crippen LogP contribution < -0.4 is 5.32 Å². The summed E-state index contributed by atoms with van der Waals surface area (Å²) in [7, 11) is 1.54. The molecule has 6 rings (SSSR count). The van der Waals surface area contributed by atoms with Crippen LogP contribution in [-0.4, -0.2) is 63.3 Å². The number of likely N-dealkylation sites (tertiary alicyclic amines) is 1. The maximum absolute atomic E-state index is 15.0. The van der Waals surface area contributed by atoms with Gasteiger partial charge >= 0.3 is 6.17 Å². The molecule has 10 heteroatoms. The van der Waals surface area contributed by atoms with Crippen molar-refractivity contribution in [3.8, 4) is 0 Å². The van der Waals surface area contributed by atoms with Crippen molar-refractivity contribution in [2.75, 3.05) is 18.9 Å². The Morgan fingerprint density at radius 1 is 1.27 bits per heavy atom. The first-order valence-electron chi connectivity index (χ1n) is 13.7. The molecule has 2 aliphatic heterocycles. The second-order valence-electron chi connectivity index (χ2n) is 11.7. The molecule has 0 unspecified atom stereocenters. The van der Waals surface area contributed by atoms with Gasteiger partial charge in [0.25, 0.3) is 11.8 Å². The van der Waals surface area contributed by atoms with Crippen molar-refractivity contribution in [2.24, 2.45) is 5.92 Å². The van der Waals surface area contributed by atoms with Gasteiger partial charge in [0.1, 0.15) is 22.8 Å². The van der Waals surface area contributed by atoms with Crippen LogP contribution in [0.4, 0.5) is 10.1 Å². The van der Waals surface area contributed by atoms with E-state index in [2.05, 4.69) is 20.1 Å². The lowest BCUT2D eigenvalue weighted by atomic mass is 9.80. The number of likely N-dealkylation sites (N-methyl/N-ethyl adjacent to an activating group) is 1. The van der Waals surface area contributed by atoms with E-state index in [0.717, 1.165) is 24.2 Å². The lowest BCUT2D eigenvalue weighted by Crippen LogP contribution is -2.51. The lowest BCUT2D eigenvalue weighted by Gasteiger charge is -2.32. The number of fused-ring (bicyclic) bond motifs is 3. The van der Waals surface area contributed by atoms with Gasteiger partial charge in [-0.1, -0.05) is 32.0 Å².